The van der Waals surface area contributed by atoms with Gasteiger partial charge >= 0.3 is 0 Å². The molecule has 0 saturated carbocycles. The molecule has 0 bridgehead atoms. The average Bonchev–Trinajstić information content (AvgIpc) is 2.90. The molecule has 2 heterocycles. The summed E-state index contributed by atoms with van der Waals surface area (Å²) < 4.78 is 16.0. The number of hydrogen-bond donors (Lipinski definition) is 0. The van der Waals surface area contributed by atoms with E-state index in [9.17, 15) is 9.18 Å². The number of halogens is 1. The van der Waals surface area contributed by atoms with Gasteiger partial charge in [-0.25, -0.2) is 4.39 Å². The van der Waals surface area contributed by atoms with Crippen LogP contribution in [0.2, 0.25) is 0 Å². The Bertz CT molecular complexity index is 738. The number of amides is 1. The molecule has 3 rings (SSSR count). The minimum Gasteiger partial charge on any atom is -0.331 e. The van der Waals surface area contributed by atoms with Gasteiger partial charge in [0.15, 0.2) is 0 Å². The third-order valence-corrected chi connectivity index (χ3v) is 4.60. The number of aromatic nitrogens is 2. The summed E-state index contributed by atoms with van der Waals surface area (Å²) in [4.78, 5) is 14.7. The summed E-state index contributed by atoms with van der Waals surface area (Å²) >= 11 is 0. The summed E-state index contributed by atoms with van der Waals surface area (Å²) in [5.74, 6) is 0.181. The lowest BCUT2D eigenvalue weighted by Crippen LogP contribution is -2.45. The van der Waals surface area contributed by atoms with Crippen LogP contribution in [-0.2, 0) is 13.0 Å². The summed E-state index contributed by atoms with van der Waals surface area (Å²) in [6.45, 7) is 7.76. The lowest BCUT2D eigenvalue weighted by atomic mass is 9.93. The van der Waals surface area contributed by atoms with E-state index in [1.165, 1.54) is 6.07 Å². The van der Waals surface area contributed by atoms with Crippen molar-refractivity contribution in [2.75, 3.05) is 6.54 Å². The van der Waals surface area contributed by atoms with E-state index in [-0.39, 0.29) is 17.8 Å². The van der Waals surface area contributed by atoms with Crippen molar-refractivity contribution in [2.24, 2.45) is 5.92 Å². The van der Waals surface area contributed by atoms with Crippen molar-refractivity contribution >= 4 is 5.91 Å². The molecule has 24 heavy (non-hydrogen) atoms. The molecular formula is C19H24FN3O. The fourth-order valence-electron chi connectivity index (χ4n) is 3.32. The van der Waals surface area contributed by atoms with Crippen LogP contribution in [0.1, 0.15) is 54.8 Å². The standard InChI is InChI=1S/C19H24FN3O/c1-4-17-15(11-21-23(17)12-13(2)3)19(24)22-10-9-18(22)14-7-5-6-8-16(14)20/h5-8,11,13,18H,4,9-10,12H2,1-3H3. The Labute approximate surface area is 142 Å². The molecule has 1 unspecified atom stereocenters. The van der Waals surface area contributed by atoms with Crippen molar-refractivity contribution in [3.8, 4) is 0 Å². The van der Waals surface area contributed by atoms with E-state index in [2.05, 4.69) is 18.9 Å². The Balaban J connectivity index is 1.85. The van der Waals surface area contributed by atoms with Gasteiger partial charge in [-0.1, -0.05) is 39.0 Å². The zero-order chi connectivity index (χ0) is 17.3. The molecule has 0 spiro atoms. The number of rotatable bonds is 5. The van der Waals surface area contributed by atoms with E-state index in [0.29, 0.717) is 23.6 Å². The van der Waals surface area contributed by atoms with Gasteiger partial charge in [0.25, 0.3) is 5.91 Å². The number of benzene rings is 1. The van der Waals surface area contributed by atoms with Crippen molar-refractivity contribution in [3.05, 3.63) is 53.1 Å². The maximum Gasteiger partial charge on any atom is 0.257 e. The number of likely N-dealkylation sites (tertiary alicyclic amines) is 1. The summed E-state index contributed by atoms with van der Waals surface area (Å²) in [5.41, 5.74) is 2.22. The van der Waals surface area contributed by atoms with E-state index in [0.717, 1.165) is 25.1 Å². The molecule has 1 aliphatic rings. The SMILES string of the molecule is CCc1c(C(=O)N2CCC2c2ccccc2F)cnn1CC(C)C. The number of nitrogens with zero attached hydrogens (tertiary/aromatic N) is 3. The second-order valence-corrected chi connectivity index (χ2v) is 6.76. The lowest BCUT2D eigenvalue weighted by molar-refractivity contribution is 0.0451. The largest absolute Gasteiger partial charge is 0.331 e. The van der Waals surface area contributed by atoms with Crippen LogP contribution >= 0.6 is 0 Å². The number of carbonyl (C=O) groups excluding carboxylic acids is 1. The predicted octanol–water partition coefficient (Wildman–Crippen LogP) is 3.83. The minimum atomic E-state index is -0.244. The van der Waals surface area contributed by atoms with Gasteiger partial charge in [-0.15, -0.1) is 0 Å². The summed E-state index contributed by atoms with van der Waals surface area (Å²) in [6.07, 6.45) is 3.22. The second-order valence-electron chi connectivity index (χ2n) is 6.76. The molecule has 1 saturated heterocycles. The molecule has 1 aromatic heterocycles. The zero-order valence-electron chi connectivity index (χ0n) is 14.5. The van der Waals surface area contributed by atoms with E-state index < -0.39 is 0 Å². The van der Waals surface area contributed by atoms with Crippen molar-refractivity contribution in [1.82, 2.24) is 14.7 Å². The number of carbonyl (C=O) groups is 1. The van der Waals surface area contributed by atoms with E-state index in [1.807, 2.05) is 17.7 Å². The molecule has 4 nitrogen and oxygen atoms in total. The fourth-order valence-corrected chi connectivity index (χ4v) is 3.32. The van der Waals surface area contributed by atoms with E-state index in [1.54, 1.807) is 23.2 Å². The molecule has 5 heteroatoms. The smallest absolute Gasteiger partial charge is 0.257 e. The normalized spacial score (nSPS) is 17.2. The van der Waals surface area contributed by atoms with Gasteiger partial charge in [0, 0.05) is 18.7 Å². The maximum absolute atomic E-state index is 14.0. The van der Waals surface area contributed by atoms with Gasteiger partial charge in [0.2, 0.25) is 0 Å². The Hall–Kier alpha value is -2.17. The second kappa shape index (κ2) is 6.75. The summed E-state index contributed by atoms with van der Waals surface area (Å²) in [7, 11) is 0. The topological polar surface area (TPSA) is 38.1 Å². The monoisotopic (exact) mass is 329 g/mol. The first kappa shape index (κ1) is 16.7. The molecule has 2 aromatic rings. The highest BCUT2D eigenvalue weighted by atomic mass is 19.1. The average molecular weight is 329 g/mol. The highest BCUT2D eigenvalue weighted by Gasteiger charge is 2.36. The van der Waals surface area contributed by atoms with Gasteiger partial charge < -0.3 is 4.90 Å². The lowest BCUT2D eigenvalue weighted by Gasteiger charge is -2.41. The minimum absolute atomic E-state index is 0.0404. The van der Waals surface area contributed by atoms with Crippen LogP contribution in [0.15, 0.2) is 30.5 Å². The highest BCUT2D eigenvalue weighted by Crippen LogP contribution is 2.36. The molecule has 1 amide bonds. The third-order valence-electron chi connectivity index (χ3n) is 4.60. The van der Waals surface area contributed by atoms with Crippen molar-refractivity contribution in [3.63, 3.8) is 0 Å². The van der Waals surface area contributed by atoms with Crippen LogP contribution in [0, 0.1) is 11.7 Å². The Morgan fingerprint density at radius 2 is 2.12 bits per heavy atom. The van der Waals surface area contributed by atoms with Crippen LogP contribution in [0.3, 0.4) is 0 Å². The first-order valence-corrected chi connectivity index (χ1v) is 8.63. The predicted molar refractivity (Wildman–Crippen MR) is 91.2 cm³/mol. The quantitative estimate of drug-likeness (QED) is 0.836. The molecule has 1 fully saturated rings. The molecule has 1 aromatic carbocycles. The fraction of sp³-hybridized carbons (Fsp3) is 0.474. The van der Waals surface area contributed by atoms with Crippen molar-refractivity contribution in [2.45, 2.75) is 46.2 Å². The van der Waals surface area contributed by atoms with Crippen LogP contribution in [0.25, 0.3) is 0 Å². The summed E-state index contributed by atoms with van der Waals surface area (Å²) in [6, 6.07) is 6.54. The zero-order valence-corrected chi connectivity index (χ0v) is 14.5. The van der Waals surface area contributed by atoms with Crippen LogP contribution < -0.4 is 0 Å². The molecule has 128 valence electrons. The molecule has 1 aliphatic heterocycles. The van der Waals surface area contributed by atoms with Crippen LogP contribution in [0.5, 0.6) is 0 Å². The van der Waals surface area contributed by atoms with Crippen molar-refractivity contribution in [1.29, 1.82) is 0 Å². The van der Waals surface area contributed by atoms with Gasteiger partial charge in [-0.2, -0.15) is 5.10 Å². The maximum atomic E-state index is 14.0. The van der Waals surface area contributed by atoms with E-state index in [4.69, 9.17) is 0 Å². The summed E-state index contributed by atoms with van der Waals surface area (Å²) in [5, 5.41) is 4.40. The van der Waals surface area contributed by atoms with Gasteiger partial charge in [0.05, 0.1) is 23.5 Å². The molecule has 0 radical (unpaired) electrons. The Morgan fingerprint density at radius 3 is 2.71 bits per heavy atom. The Kier molecular flexibility index (Phi) is 4.69. The van der Waals surface area contributed by atoms with Gasteiger partial charge in [0.1, 0.15) is 5.82 Å². The first-order chi connectivity index (χ1) is 11.5. The molecule has 1 atom stereocenters. The van der Waals surface area contributed by atoms with Crippen LogP contribution in [0.4, 0.5) is 4.39 Å². The highest BCUT2D eigenvalue weighted by molar-refractivity contribution is 5.96. The molecule has 0 aliphatic carbocycles. The third kappa shape index (κ3) is 2.95. The molecule has 0 N–H and O–H groups in total. The van der Waals surface area contributed by atoms with Crippen LogP contribution in [-0.4, -0.2) is 27.1 Å². The molecular weight excluding hydrogens is 305 g/mol. The first-order valence-electron chi connectivity index (χ1n) is 8.63. The number of hydrogen-bond acceptors (Lipinski definition) is 2. The van der Waals surface area contributed by atoms with Gasteiger partial charge in [-0.3, -0.25) is 9.48 Å². The van der Waals surface area contributed by atoms with Crippen molar-refractivity contribution < 1.29 is 9.18 Å². The van der Waals surface area contributed by atoms with Gasteiger partial charge in [-0.05, 0) is 24.8 Å². The van der Waals surface area contributed by atoms with E-state index >= 15 is 0 Å². The Morgan fingerprint density at radius 1 is 1.38 bits per heavy atom.